The fourth-order valence-electron chi connectivity index (χ4n) is 3.61. The number of benzene rings is 1. The molecule has 0 amide bonds. The summed E-state index contributed by atoms with van der Waals surface area (Å²) in [6.07, 6.45) is 0. The first-order valence-electron chi connectivity index (χ1n) is 9.72. The zero-order chi connectivity index (χ0) is 21.4. The maximum atomic E-state index is 13.1. The van der Waals surface area contributed by atoms with Crippen molar-refractivity contribution in [1.29, 1.82) is 0 Å². The zero-order valence-electron chi connectivity index (χ0n) is 16.4. The molecule has 0 spiro atoms. The molecule has 0 unspecified atom stereocenters. The number of fused-ring (bicyclic) bond motifs is 1. The Morgan fingerprint density at radius 1 is 1.03 bits per heavy atom. The smallest absolute Gasteiger partial charge is 0.336 e. The van der Waals surface area contributed by atoms with Gasteiger partial charge in [-0.3, -0.25) is 4.90 Å². The minimum atomic E-state index is -3.61. The van der Waals surface area contributed by atoms with Crippen LogP contribution in [0.4, 0.5) is 0 Å². The van der Waals surface area contributed by atoms with Crippen molar-refractivity contribution in [2.75, 3.05) is 26.2 Å². The highest BCUT2D eigenvalue weighted by atomic mass is 32.2. The summed E-state index contributed by atoms with van der Waals surface area (Å²) >= 11 is 3.29. The van der Waals surface area contributed by atoms with Gasteiger partial charge in [-0.05, 0) is 35.7 Å². The molecule has 4 heterocycles. The molecule has 1 aromatic carbocycles. The Bertz CT molecular complexity index is 1370. The second-order valence-electron chi connectivity index (χ2n) is 7.29. The van der Waals surface area contributed by atoms with Crippen molar-refractivity contribution in [2.45, 2.75) is 11.4 Å². The molecule has 0 aliphatic carbocycles. The Balaban J connectivity index is 1.25. The molecule has 1 saturated heterocycles. The lowest BCUT2D eigenvalue weighted by atomic mass is 10.2. The largest absolute Gasteiger partial charge is 0.423 e. The molecule has 4 aromatic rings. The van der Waals surface area contributed by atoms with Crippen molar-refractivity contribution in [3.8, 4) is 10.6 Å². The standard InChI is InChI=1S/C21H19N3O4S3/c25-20-4-1-15-11-18(2-3-19(15)28-20)31(26,27)24-8-6-23(7-9-24)12-17-14-30-21(22-17)16-5-10-29-13-16/h1-5,10-11,13-14H,6-9,12H2. The van der Waals surface area contributed by atoms with E-state index in [1.54, 1.807) is 34.8 Å². The molecule has 0 saturated carbocycles. The van der Waals surface area contributed by atoms with Gasteiger partial charge in [-0.1, -0.05) is 0 Å². The molecule has 5 rings (SSSR count). The quantitative estimate of drug-likeness (QED) is 0.413. The molecule has 1 fully saturated rings. The molecule has 1 aliphatic heterocycles. The van der Waals surface area contributed by atoms with Gasteiger partial charge in [0.25, 0.3) is 0 Å². The first kappa shape index (κ1) is 20.5. The molecule has 3 aromatic heterocycles. The van der Waals surface area contributed by atoms with E-state index in [0.717, 1.165) is 16.3 Å². The molecule has 0 bridgehead atoms. The molecule has 160 valence electrons. The second-order valence-corrected chi connectivity index (χ2v) is 10.9. The van der Waals surface area contributed by atoms with Crippen LogP contribution in [0.2, 0.25) is 0 Å². The predicted octanol–water partition coefficient (Wildman–Crippen LogP) is 3.48. The van der Waals surface area contributed by atoms with Crippen LogP contribution in [0.15, 0.2) is 66.6 Å². The number of nitrogens with zero attached hydrogens (tertiary/aromatic N) is 3. The molecule has 7 nitrogen and oxygen atoms in total. The second kappa shape index (κ2) is 8.29. The molecule has 0 N–H and O–H groups in total. The summed E-state index contributed by atoms with van der Waals surface area (Å²) in [5.74, 6) is 0. The average Bonchev–Trinajstić information content (AvgIpc) is 3.46. The SMILES string of the molecule is O=c1ccc2cc(S(=O)(=O)N3CCN(Cc4csc(-c5ccsc5)n4)CC3)ccc2o1. The van der Waals surface area contributed by atoms with E-state index in [9.17, 15) is 13.2 Å². The van der Waals surface area contributed by atoms with Gasteiger partial charge in [0.15, 0.2) is 0 Å². The fraction of sp³-hybridized carbons (Fsp3) is 0.238. The summed E-state index contributed by atoms with van der Waals surface area (Å²) in [6, 6.07) is 9.52. The van der Waals surface area contributed by atoms with Crippen molar-refractivity contribution >= 4 is 43.7 Å². The van der Waals surface area contributed by atoms with Gasteiger partial charge in [0.05, 0.1) is 10.6 Å². The van der Waals surface area contributed by atoms with Gasteiger partial charge in [0.2, 0.25) is 10.0 Å². The van der Waals surface area contributed by atoms with Crippen LogP contribution in [0.25, 0.3) is 21.5 Å². The van der Waals surface area contributed by atoms with Gasteiger partial charge in [0.1, 0.15) is 10.6 Å². The van der Waals surface area contributed by atoms with E-state index in [-0.39, 0.29) is 4.90 Å². The fourth-order valence-corrected chi connectivity index (χ4v) is 6.60. The lowest BCUT2D eigenvalue weighted by Crippen LogP contribution is -2.48. The lowest BCUT2D eigenvalue weighted by molar-refractivity contribution is 0.180. The number of thiophene rings is 1. The lowest BCUT2D eigenvalue weighted by Gasteiger charge is -2.33. The Morgan fingerprint density at radius 3 is 2.65 bits per heavy atom. The zero-order valence-corrected chi connectivity index (χ0v) is 18.9. The van der Waals surface area contributed by atoms with Gasteiger partial charge in [0, 0.05) is 60.5 Å². The van der Waals surface area contributed by atoms with Crippen LogP contribution in [0.3, 0.4) is 0 Å². The van der Waals surface area contributed by atoms with Gasteiger partial charge in [-0.2, -0.15) is 15.6 Å². The molecule has 0 radical (unpaired) electrons. The van der Waals surface area contributed by atoms with Crippen molar-refractivity contribution < 1.29 is 12.8 Å². The van der Waals surface area contributed by atoms with Crippen LogP contribution in [-0.2, 0) is 16.6 Å². The molecular formula is C21H19N3O4S3. The summed E-state index contributed by atoms with van der Waals surface area (Å²) in [5, 5.41) is 7.81. The Hall–Kier alpha value is -2.37. The Kier molecular flexibility index (Phi) is 5.49. The minimum Gasteiger partial charge on any atom is -0.423 e. The van der Waals surface area contributed by atoms with Crippen molar-refractivity contribution in [2.24, 2.45) is 0 Å². The van der Waals surface area contributed by atoms with Gasteiger partial charge in [-0.15, -0.1) is 11.3 Å². The van der Waals surface area contributed by atoms with Crippen molar-refractivity contribution in [3.63, 3.8) is 0 Å². The van der Waals surface area contributed by atoms with Crippen molar-refractivity contribution in [3.05, 3.63) is 68.7 Å². The first-order valence-corrected chi connectivity index (χ1v) is 13.0. The molecule has 10 heteroatoms. The Labute approximate surface area is 187 Å². The van der Waals surface area contributed by atoms with Crippen molar-refractivity contribution in [1.82, 2.24) is 14.2 Å². The number of thiazole rings is 1. The summed E-state index contributed by atoms with van der Waals surface area (Å²) in [5.41, 5.74) is 2.08. The van der Waals surface area contributed by atoms with E-state index in [1.165, 1.54) is 22.5 Å². The van der Waals surface area contributed by atoms with Gasteiger partial charge < -0.3 is 4.42 Å². The maximum Gasteiger partial charge on any atom is 0.336 e. The summed E-state index contributed by atoms with van der Waals surface area (Å²) in [7, 11) is -3.61. The van der Waals surface area contributed by atoms with E-state index >= 15 is 0 Å². The maximum absolute atomic E-state index is 13.1. The number of hydrogen-bond donors (Lipinski definition) is 0. The monoisotopic (exact) mass is 473 g/mol. The van der Waals surface area contributed by atoms with Crippen LogP contribution in [0.5, 0.6) is 0 Å². The molecule has 31 heavy (non-hydrogen) atoms. The third-order valence-electron chi connectivity index (χ3n) is 5.27. The summed E-state index contributed by atoms with van der Waals surface area (Å²) in [4.78, 5) is 18.5. The number of sulfonamides is 1. The highest BCUT2D eigenvalue weighted by Crippen LogP contribution is 2.27. The third-order valence-corrected chi connectivity index (χ3v) is 8.78. The van der Waals surface area contributed by atoms with E-state index < -0.39 is 15.6 Å². The normalized spacial score (nSPS) is 16.1. The molecule has 1 aliphatic rings. The molecule has 0 atom stereocenters. The number of piperazine rings is 1. The van der Waals surface area contributed by atoms with Gasteiger partial charge in [-0.25, -0.2) is 18.2 Å². The van der Waals surface area contributed by atoms with E-state index in [2.05, 4.69) is 21.7 Å². The summed E-state index contributed by atoms with van der Waals surface area (Å²) in [6.45, 7) is 2.85. The number of rotatable bonds is 5. The van der Waals surface area contributed by atoms with Crippen LogP contribution >= 0.6 is 22.7 Å². The van der Waals surface area contributed by atoms with Crippen LogP contribution < -0.4 is 5.63 Å². The van der Waals surface area contributed by atoms with Gasteiger partial charge >= 0.3 is 5.63 Å². The van der Waals surface area contributed by atoms with E-state index in [4.69, 9.17) is 9.40 Å². The average molecular weight is 474 g/mol. The Morgan fingerprint density at radius 2 is 1.87 bits per heavy atom. The van der Waals surface area contributed by atoms with Crippen LogP contribution in [0, 0.1) is 0 Å². The first-order chi connectivity index (χ1) is 15.0. The van der Waals surface area contributed by atoms with E-state index in [1.807, 2.05) is 5.38 Å². The van der Waals surface area contributed by atoms with Crippen LogP contribution in [0.1, 0.15) is 5.69 Å². The topological polar surface area (TPSA) is 83.7 Å². The van der Waals surface area contributed by atoms with E-state index in [0.29, 0.717) is 43.7 Å². The highest BCUT2D eigenvalue weighted by Gasteiger charge is 2.29. The number of aromatic nitrogens is 1. The minimum absolute atomic E-state index is 0.210. The highest BCUT2D eigenvalue weighted by molar-refractivity contribution is 7.89. The molecular weight excluding hydrogens is 454 g/mol. The van der Waals surface area contributed by atoms with Crippen LogP contribution in [-0.4, -0.2) is 48.8 Å². The number of hydrogen-bond acceptors (Lipinski definition) is 8. The summed E-state index contributed by atoms with van der Waals surface area (Å²) < 4.78 is 32.8. The third kappa shape index (κ3) is 4.21. The predicted molar refractivity (Wildman–Crippen MR) is 122 cm³/mol.